The van der Waals surface area contributed by atoms with Gasteiger partial charge in [-0.25, -0.2) is 0 Å². The Balaban J connectivity index is 2.33. The molecule has 0 aliphatic heterocycles. The van der Waals surface area contributed by atoms with Crippen molar-refractivity contribution in [3.63, 3.8) is 0 Å². The molecule has 4 heteroatoms. The van der Waals surface area contributed by atoms with E-state index in [0.29, 0.717) is 22.7 Å². The number of rotatable bonds is 4. The predicted octanol–water partition coefficient (Wildman–Crippen LogP) is 3.49. The van der Waals surface area contributed by atoms with Gasteiger partial charge in [-0.2, -0.15) is 0 Å². The number of hydrogen-bond donors (Lipinski definition) is 2. The Morgan fingerprint density at radius 1 is 1.10 bits per heavy atom. The van der Waals surface area contributed by atoms with Crippen LogP contribution >= 0.6 is 0 Å². The van der Waals surface area contributed by atoms with Crippen LogP contribution in [-0.2, 0) is 4.79 Å². The molecule has 4 nitrogen and oxygen atoms in total. The van der Waals surface area contributed by atoms with Crippen LogP contribution < -0.4 is 10.1 Å². The fourth-order valence-corrected chi connectivity index (χ4v) is 1.89. The van der Waals surface area contributed by atoms with Crippen LogP contribution in [0.25, 0.3) is 0 Å². The van der Waals surface area contributed by atoms with Crippen molar-refractivity contribution in [2.24, 2.45) is 0 Å². The zero-order valence-electron chi connectivity index (χ0n) is 11.5. The molecule has 2 aromatic carbocycles. The molecule has 2 N–H and O–H groups in total. The molecule has 20 heavy (non-hydrogen) atoms. The second-order valence-electron chi connectivity index (χ2n) is 4.49. The maximum atomic E-state index is 11.2. The van der Waals surface area contributed by atoms with Crippen molar-refractivity contribution in [1.29, 1.82) is 0 Å². The average Bonchev–Trinajstić information content (AvgIpc) is 2.41. The summed E-state index contributed by atoms with van der Waals surface area (Å²) in [6.45, 7) is 3.13. The number of amides is 1. The summed E-state index contributed by atoms with van der Waals surface area (Å²) in [6.07, 6.45) is -0.626. The minimum atomic E-state index is -0.626. The van der Waals surface area contributed by atoms with E-state index < -0.39 is 6.10 Å². The van der Waals surface area contributed by atoms with Crippen LogP contribution in [0.5, 0.6) is 11.5 Å². The fourth-order valence-electron chi connectivity index (χ4n) is 1.89. The molecular formula is C16H17NO3. The van der Waals surface area contributed by atoms with Crippen LogP contribution in [0.1, 0.15) is 25.5 Å². The van der Waals surface area contributed by atoms with Crippen molar-refractivity contribution in [1.82, 2.24) is 0 Å². The predicted molar refractivity (Wildman–Crippen MR) is 77.9 cm³/mol. The Kier molecular flexibility index (Phi) is 4.38. The lowest BCUT2D eigenvalue weighted by atomic mass is 10.1. The summed E-state index contributed by atoms with van der Waals surface area (Å²) >= 11 is 0. The van der Waals surface area contributed by atoms with Gasteiger partial charge in [-0.3, -0.25) is 4.79 Å². The molecule has 0 fully saturated rings. The molecule has 2 aromatic rings. The molecule has 0 unspecified atom stereocenters. The first kappa shape index (κ1) is 14.1. The number of para-hydroxylation sites is 3. The molecule has 0 heterocycles. The number of ether oxygens (including phenoxy) is 1. The number of carbonyl (C=O) groups is 1. The highest BCUT2D eigenvalue weighted by atomic mass is 16.5. The second kappa shape index (κ2) is 6.21. The van der Waals surface area contributed by atoms with E-state index in [2.05, 4.69) is 5.32 Å². The van der Waals surface area contributed by atoms with Crippen LogP contribution in [0.2, 0.25) is 0 Å². The zero-order chi connectivity index (χ0) is 14.5. The maximum Gasteiger partial charge on any atom is 0.221 e. The van der Waals surface area contributed by atoms with Crippen molar-refractivity contribution >= 4 is 11.6 Å². The third kappa shape index (κ3) is 3.36. The number of nitrogens with one attached hydrogen (secondary N) is 1. The molecule has 0 spiro atoms. The molecule has 104 valence electrons. The van der Waals surface area contributed by atoms with Gasteiger partial charge < -0.3 is 15.2 Å². The van der Waals surface area contributed by atoms with E-state index in [1.54, 1.807) is 31.2 Å². The van der Waals surface area contributed by atoms with Crippen LogP contribution in [0.3, 0.4) is 0 Å². The Bertz CT molecular complexity index is 608. The molecule has 0 aliphatic carbocycles. The molecule has 0 saturated carbocycles. The quantitative estimate of drug-likeness (QED) is 0.894. The lowest BCUT2D eigenvalue weighted by Gasteiger charge is -2.15. The Labute approximate surface area is 118 Å². The van der Waals surface area contributed by atoms with Crippen molar-refractivity contribution in [3.8, 4) is 11.5 Å². The Morgan fingerprint density at radius 2 is 1.70 bits per heavy atom. The summed E-state index contributed by atoms with van der Waals surface area (Å²) in [5.41, 5.74) is 1.30. The number of benzene rings is 2. The molecule has 2 rings (SSSR count). The van der Waals surface area contributed by atoms with E-state index in [0.717, 1.165) is 0 Å². The lowest BCUT2D eigenvalue weighted by Crippen LogP contribution is -2.07. The summed E-state index contributed by atoms with van der Waals surface area (Å²) in [5, 5.41) is 12.5. The monoisotopic (exact) mass is 271 g/mol. The number of aliphatic hydroxyl groups is 1. The number of anilines is 1. The van der Waals surface area contributed by atoms with E-state index in [9.17, 15) is 9.90 Å². The Morgan fingerprint density at radius 3 is 2.35 bits per heavy atom. The molecule has 0 saturated heterocycles. The minimum Gasteiger partial charge on any atom is -0.455 e. The Hall–Kier alpha value is -2.33. The summed E-state index contributed by atoms with van der Waals surface area (Å²) in [7, 11) is 0. The third-order valence-electron chi connectivity index (χ3n) is 2.79. The standard InChI is InChI=1S/C16H17NO3/c1-11(18)13-7-3-5-9-15(13)20-16-10-6-4-8-14(16)17-12(2)19/h3-11,18H,1-2H3,(H,17,19)/t11-/m1/s1. The highest BCUT2D eigenvalue weighted by Gasteiger charge is 2.11. The molecule has 0 radical (unpaired) electrons. The van der Waals surface area contributed by atoms with E-state index in [1.165, 1.54) is 6.92 Å². The van der Waals surface area contributed by atoms with Gasteiger partial charge >= 0.3 is 0 Å². The van der Waals surface area contributed by atoms with Crippen molar-refractivity contribution < 1.29 is 14.6 Å². The van der Waals surface area contributed by atoms with E-state index in [-0.39, 0.29) is 5.91 Å². The second-order valence-corrected chi connectivity index (χ2v) is 4.49. The first-order chi connectivity index (χ1) is 9.58. The topological polar surface area (TPSA) is 58.6 Å². The summed E-state index contributed by atoms with van der Waals surface area (Å²) in [6, 6.07) is 14.4. The maximum absolute atomic E-state index is 11.2. The molecule has 0 aliphatic rings. The first-order valence-electron chi connectivity index (χ1n) is 6.39. The number of carbonyl (C=O) groups excluding carboxylic acids is 1. The van der Waals surface area contributed by atoms with Crippen molar-refractivity contribution in [3.05, 3.63) is 54.1 Å². The SMILES string of the molecule is CC(=O)Nc1ccccc1Oc1ccccc1[C@@H](C)O. The van der Waals surface area contributed by atoms with Gasteiger partial charge in [0.15, 0.2) is 5.75 Å². The summed E-state index contributed by atoms with van der Waals surface area (Å²) in [4.78, 5) is 11.2. The van der Waals surface area contributed by atoms with Gasteiger partial charge in [0, 0.05) is 12.5 Å². The van der Waals surface area contributed by atoms with E-state index >= 15 is 0 Å². The van der Waals surface area contributed by atoms with E-state index in [4.69, 9.17) is 4.74 Å². The number of aliphatic hydroxyl groups excluding tert-OH is 1. The van der Waals surface area contributed by atoms with Gasteiger partial charge in [0.2, 0.25) is 5.91 Å². The highest BCUT2D eigenvalue weighted by Crippen LogP contribution is 2.33. The molecule has 1 atom stereocenters. The van der Waals surface area contributed by atoms with Gasteiger partial charge in [-0.05, 0) is 25.1 Å². The number of hydrogen-bond acceptors (Lipinski definition) is 3. The third-order valence-corrected chi connectivity index (χ3v) is 2.79. The van der Waals surface area contributed by atoms with Gasteiger partial charge in [0.25, 0.3) is 0 Å². The molecule has 0 bridgehead atoms. The van der Waals surface area contributed by atoms with E-state index in [1.807, 2.05) is 24.3 Å². The average molecular weight is 271 g/mol. The fraction of sp³-hybridized carbons (Fsp3) is 0.188. The minimum absolute atomic E-state index is 0.162. The lowest BCUT2D eigenvalue weighted by molar-refractivity contribution is -0.114. The van der Waals surface area contributed by atoms with Gasteiger partial charge in [0.05, 0.1) is 11.8 Å². The van der Waals surface area contributed by atoms with Gasteiger partial charge in [0.1, 0.15) is 5.75 Å². The van der Waals surface area contributed by atoms with Crippen molar-refractivity contribution in [2.45, 2.75) is 20.0 Å². The normalized spacial score (nSPS) is 11.8. The van der Waals surface area contributed by atoms with Crippen LogP contribution in [0.4, 0.5) is 5.69 Å². The first-order valence-corrected chi connectivity index (χ1v) is 6.39. The largest absolute Gasteiger partial charge is 0.455 e. The smallest absolute Gasteiger partial charge is 0.221 e. The van der Waals surface area contributed by atoms with Crippen molar-refractivity contribution in [2.75, 3.05) is 5.32 Å². The molecule has 0 aromatic heterocycles. The van der Waals surface area contributed by atoms with Crippen LogP contribution in [0, 0.1) is 0 Å². The zero-order valence-corrected chi connectivity index (χ0v) is 11.5. The van der Waals surface area contributed by atoms with Crippen LogP contribution in [-0.4, -0.2) is 11.0 Å². The molecule has 1 amide bonds. The molecular weight excluding hydrogens is 254 g/mol. The highest BCUT2D eigenvalue weighted by molar-refractivity contribution is 5.90. The van der Waals surface area contributed by atoms with Gasteiger partial charge in [-0.15, -0.1) is 0 Å². The van der Waals surface area contributed by atoms with Crippen LogP contribution in [0.15, 0.2) is 48.5 Å². The summed E-state index contributed by atoms with van der Waals surface area (Å²) in [5.74, 6) is 0.945. The summed E-state index contributed by atoms with van der Waals surface area (Å²) < 4.78 is 5.83. The van der Waals surface area contributed by atoms with Gasteiger partial charge in [-0.1, -0.05) is 30.3 Å².